The largest absolute Gasteiger partial charge is 0.463 e. The monoisotopic (exact) mass is 965 g/mol. The highest BCUT2D eigenvalue weighted by atomic mass is 31.2. The Bertz CT molecular complexity index is 2760. The van der Waals surface area contributed by atoms with E-state index in [9.17, 15) is 24.0 Å². The molecule has 1 N–H and O–H groups in total. The third-order valence-electron chi connectivity index (χ3n) is 15.5. The first kappa shape index (κ1) is 53.1. The van der Waals surface area contributed by atoms with E-state index in [0.717, 1.165) is 0 Å². The van der Waals surface area contributed by atoms with E-state index in [4.69, 9.17) is 9.47 Å². The van der Waals surface area contributed by atoms with Crippen LogP contribution in [0, 0.1) is 33.5 Å². The van der Waals surface area contributed by atoms with Gasteiger partial charge in [-0.25, -0.2) is 0 Å². The van der Waals surface area contributed by atoms with Crippen molar-refractivity contribution in [1.82, 2.24) is 0 Å². The molecule has 0 aliphatic heterocycles. The molecule has 1 aliphatic rings. The summed E-state index contributed by atoms with van der Waals surface area (Å²) in [4.78, 5) is 85.2. The molecular weight excluding hydrogens is 898 g/mol. The van der Waals surface area contributed by atoms with Crippen molar-refractivity contribution in [1.29, 1.82) is 0 Å². The fraction of sp³-hybridized carbons (Fsp3) is 0.390. The Labute approximate surface area is 413 Å². The summed E-state index contributed by atoms with van der Waals surface area (Å²) in [6, 6.07) is 34.0. The van der Waals surface area contributed by atoms with Crippen molar-refractivity contribution in [2.75, 3.05) is 18.5 Å². The zero-order chi connectivity index (χ0) is 51.2. The second kappa shape index (κ2) is 21.4. The molecule has 70 heavy (non-hydrogen) atoms. The van der Waals surface area contributed by atoms with Crippen LogP contribution in [0.2, 0.25) is 0 Å². The van der Waals surface area contributed by atoms with E-state index in [-0.39, 0.29) is 64.7 Å². The van der Waals surface area contributed by atoms with Crippen molar-refractivity contribution in [2.45, 2.75) is 101 Å². The molecule has 6 rings (SSSR count). The van der Waals surface area contributed by atoms with Gasteiger partial charge in [0.15, 0.2) is 11.6 Å². The number of rotatable bonds is 22. The SMILES string of the molecule is CCC(CC)C(C)(CC(C)(C)C(C)(CC)C(C)(CC(C)C)C(=O)OCCNc1cccc2c1C(=O)c1ccccc1C2=O)C(=O)Oc1cccc(P(=O)(C(=O)c2ccccc2)C(=O)c2ccccc2)c1. The zero-order valence-corrected chi connectivity index (χ0v) is 43.2. The zero-order valence-electron chi connectivity index (χ0n) is 42.4. The highest BCUT2D eigenvalue weighted by Gasteiger charge is 2.60. The molecule has 0 amide bonds. The van der Waals surface area contributed by atoms with Gasteiger partial charge in [0, 0.05) is 45.4 Å². The molecule has 0 radical (unpaired) electrons. The third kappa shape index (κ3) is 9.90. The van der Waals surface area contributed by atoms with Gasteiger partial charge in [0.25, 0.3) is 0 Å². The Balaban J connectivity index is 1.27. The lowest BCUT2D eigenvalue weighted by Crippen LogP contribution is -2.56. The van der Waals surface area contributed by atoms with E-state index < -0.39 is 45.8 Å². The van der Waals surface area contributed by atoms with E-state index in [2.05, 4.69) is 46.9 Å². The number of esters is 2. The first-order valence-corrected chi connectivity index (χ1v) is 26.2. The van der Waals surface area contributed by atoms with E-state index in [1.165, 1.54) is 36.4 Å². The van der Waals surface area contributed by atoms with Crippen molar-refractivity contribution < 1.29 is 42.8 Å². The number of nitrogens with one attached hydrogen (secondary N) is 1. The van der Waals surface area contributed by atoms with Crippen LogP contribution in [0.25, 0.3) is 0 Å². The molecule has 3 atom stereocenters. The summed E-state index contributed by atoms with van der Waals surface area (Å²) in [6.07, 6.45) is 2.70. The minimum absolute atomic E-state index is 0.00714. The minimum atomic E-state index is -4.53. The van der Waals surface area contributed by atoms with Crippen molar-refractivity contribution >= 4 is 52.7 Å². The minimum Gasteiger partial charge on any atom is -0.463 e. The molecule has 11 heteroatoms. The van der Waals surface area contributed by atoms with Crippen LogP contribution in [0.4, 0.5) is 5.69 Å². The quantitative estimate of drug-likeness (QED) is 0.0301. The summed E-state index contributed by atoms with van der Waals surface area (Å²) in [6.45, 7) is 20.7. The van der Waals surface area contributed by atoms with E-state index in [0.29, 0.717) is 60.0 Å². The molecule has 0 heterocycles. The maximum Gasteiger partial charge on any atom is 0.317 e. The molecule has 3 unspecified atom stereocenters. The highest BCUT2D eigenvalue weighted by molar-refractivity contribution is 8.01. The molecule has 0 fully saturated rings. The number of fused-ring (bicyclic) bond motifs is 2. The Morgan fingerprint density at radius 3 is 1.71 bits per heavy atom. The molecule has 368 valence electrons. The number of ketones is 2. The van der Waals surface area contributed by atoms with Gasteiger partial charge in [-0.15, -0.1) is 0 Å². The first-order chi connectivity index (χ1) is 33.1. The molecule has 0 saturated heterocycles. The van der Waals surface area contributed by atoms with Crippen LogP contribution in [-0.4, -0.2) is 47.7 Å². The summed E-state index contributed by atoms with van der Waals surface area (Å²) in [5.41, 5.74) is -3.15. The van der Waals surface area contributed by atoms with Gasteiger partial charge in [-0.2, -0.15) is 0 Å². The Kier molecular flexibility index (Phi) is 16.2. The molecule has 0 bridgehead atoms. The molecular formula is C59H68NO9P. The summed E-state index contributed by atoms with van der Waals surface area (Å²) < 4.78 is 27.7. The molecule has 0 spiro atoms. The number of hydrogen-bond acceptors (Lipinski definition) is 10. The maximum atomic E-state index is 15.2. The van der Waals surface area contributed by atoms with Gasteiger partial charge < -0.3 is 19.4 Å². The lowest BCUT2D eigenvalue weighted by atomic mass is 9.47. The number of carbonyl (C=O) groups is 6. The van der Waals surface area contributed by atoms with Gasteiger partial charge in [-0.05, 0) is 74.0 Å². The second-order valence-corrected chi connectivity index (χ2v) is 23.0. The van der Waals surface area contributed by atoms with Gasteiger partial charge in [0.1, 0.15) is 12.4 Å². The second-order valence-electron chi connectivity index (χ2n) is 20.4. The van der Waals surface area contributed by atoms with Crippen LogP contribution in [0.5, 0.6) is 5.75 Å². The van der Waals surface area contributed by atoms with Crippen molar-refractivity contribution in [3.63, 3.8) is 0 Å². The van der Waals surface area contributed by atoms with Gasteiger partial charge in [0.05, 0.1) is 16.4 Å². The predicted octanol–water partition coefficient (Wildman–Crippen LogP) is 13.0. The smallest absolute Gasteiger partial charge is 0.317 e. The van der Waals surface area contributed by atoms with Crippen LogP contribution >= 0.6 is 7.14 Å². The average molecular weight is 966 g/mol. The van der Waals surface area contributed by atoms with Crippen molar-refractivity contribution in [3.05, 3.63) is 161 Å². The molecule has 0 saturated carbocycles. The molecule has 5 aromatic rings. The Hall–Kier alpha value is -6.25. The van der Waals surface area contributed by atoms with Crippen LogP contribution in [0.15, 0.2) is 127 Å². The number of anilines is 1. The molecule has 10 nitrogen and oxygen atoms in total. The van der Waals surface area contributed by atoms with E-state index in [1.807, 2.05) is 27.7 Å². The van der Waals surface area contributed by atoms with Gasteiger partial charge in [0.2, 0.25) is 18.2 Å². The lowest BCUT2D eigenvalue weighted by molar-refractivity contribution is -0.179. The third-order valence-corrected chi connectivity index (χ3v) is 18.1. The van der Waals surface area contributed by atoms with Crippen LogP contribution in [0.3, 0.4) is 0 Å². The van der Waals surface area contributed by atoms with E-state index in [1.54, 1.807) is 91.0 Å². The number of ether oxygens (including phenoxy) is 2. The number of benzene rings is 5. The van der Waals surface area contributed by atoms with E-state index >= 15 is 9.36 Å². The lowest BCUT2D eigenvalue weighted by Gasteiger charge is -2.57. The first-order valence-electron chi connectivity index (χ1n) is 24.5. The molecule has 5 aromatic carbocycles. The summed E-state index contributed by atoms with van der Waals surface area (Å²) in [5, 5.41) is 3.22. The van der Waals surface area contributed by atoms with Crippen LogP contribution in [-0.2, 0) is 18.9 Å². The molecule has 1 aliphatic carbocycles. The topological polar surface area (TPSA) is 150 Å². The average Bonchev–Trinajstić information content (AvgIpc) is 3.36. The van der Waals surface area contributed by atoms with Gasteiger partial charge in [-0.3, -0.25) is 28.8 Å². The predicted molar refractivity (Wildman–Crippen MR) is 277 cm³/mol. The maximum absolute atomic E-state index is 15.2. The van der Waals surface area contributed by atoms with Gasteiger partial charge in [-0.1, -0.05) is 177 Å². The van der Waals surface area contributed by atoms with Crippen molar-refractivity contribution in [2.24, 2.45) is 33.5 Å². The summed E-state index contributed by atoms with van der Waals surface area (Å²) >= 11 is 0. The normalized spacial score (nSPS) is 15.2. The molecule has 0 aromatic heterocycles. The van der Waals surface area contributed by atoms with Crippen LogP contribution in [0.1, 0.15) is 154 Å². The number of hydrogen-bond donors (Lipinski definition) is 1. The van der Waals surface area contributed by atoms with Gasteiger partial charge >= 0.3 is 11.9 Å². The Morgan fingerprint density at radius 1 is 0.643 bits per heavy atom. The fourth-order valence-electron chi connectivity index (χ4n) is 11.3. The highest BCUT2D eigenvalue weighted by Crippen LogP contribution is 2.62. The van der Waals surface area contributed by atoms with Crippen LogP contribution < -0.4 is 15.4 Å². The summed E-state index contributed by atoms with van der Waals surface area (Å²) in [7, 11) is -4.53. The fourth-order valence-corrected chi connectivity index (χ4v) is 13.5. The standard InChI is InChI=1S/C59H68NO9P/c1-11-42(12-2)57(8,54(65)69-43-28-22-29-44(36-43)70(67,52(63)40-24-16-14-17-25-40)53(64)41-26-18-15-19-27-41)38-56(6,7)59(10,13-3)58(9,37-39(4)5)55(66)68-35-34-60-48-33-23-32-47-49(48)51(62)46-31-21-20-30-45(46)50(47)61/h14-33,36,39,42,60H,11-13,34-35,37-38H2,1-10H3. The Morgan fingerprint density at radius 2 is 1.17 bits per heavy atom. The van der Waals surface area contributed by atoms with Crippen molar-refractivity contribution in [3.8, 4) is 5.75 Å². The number of carbonyl (C=O) groups excluding carboxylic acids is 6. The summed E-state index contributed by atoms with van der Waals surface area (Å²) in [5.74, 6) is -1.36.